The molecular formula is C12H12O2P+. The number of benzene rings is 1. The zero-order chi connectivity index (χ0) is 10.8. The van der Waals surface area contributed by atoms with Gasteiger partial charge in [-0.1, -0.05) is 18.2 Å². The summed E-state index contributed by atoms with van der Waals surface area (Å²) in [7, 11) is -1.74. The molecule has 0 aliphatic carbocycles. The molecule has 0 saturated heterocycles. The fraction of sp³-hybridized carbons (Fsp3) is 0.167. The molecule has 0 aliphatic heterocycles. The van der Waals surface area contributed by atoms with Crippen molar-refractivity contribution in [2.24, 2.45) is 0 Å². The predicted molar refractivity (Wildman–Crippen MR) is 63.3 cm³/mol. The maximum atomic E-state index is 11.8. The average molecular weight is 219 g/mol. The summed E-state index contributed by atoms with van der Waals surface area (Å²) in [4.78, 5) is 0. The van der Waals surface area contributed by atoms with Gasteiger partial charge < -0.3 is 0 Å². The minimum Gasteiger partial charge on any atom is -0.250 e. The van der Waals surface area contributed by atoms with Gasteiger partial charge in [0.15, 0.2) is 5.76 Å². The van der Waals surface area contributed by atoms with E-state index in [-0.39, 0.29) is 0 Å². The van der Waals surface area contributed by atoms with E-state index in [1.807, 2.05) is 50.3 Å². The molecule has 1 heterocycles. The summed E-state index contributed by atoms with van der Waals surface area (Å²) in [5.74, 6) is 0.706. The maximum Gasteiger partial charge on any atom is 0.597 e. The number of aryl methyl sites for hydroxylation is 1. The highest BCUT2D eigenvalue weighted by atomic mass is 31.1. The molecule has 0 N–H and O–H groups in total. The van der Waals surface area contributed by atoms with Crippen LogP contribution in [0.4, 0.5) is 0 Å². The van der Waals surface area contributed by atoms with Crippen LogP contribution in [0.15, 0.2) is 34.5 Å². The van der Waals surface area contributed by atoms with Crippen LogP contribution in [-0.4, -0.2) is 0 Å². The Morgan fingerprint density at radius 2 is 2.07 bits per heavy atom. The Kier molecular flexibility index (Phi) is 2.70. The topological polar surface area (TPSA) is 30.2 Å². The first-order valence-electron chi connectivity index (χ1n) is 4.82. The van der Waals surface area contributed by atoms with Crippen LogP contribution in [0.1, 0.15) is 18.2 Å². The van der Waals surface area contributed by atoms with Gasteiger partial charge in [0.05, 0.1) is 0 Å². The van der Waals surface area contributed by atoms with Gasteiger partial charge in [-0.15, -0.1) is 0 Å². The van der Waals surface area contributed by atoms with Crippen LogP contribution < -0.4 is 0 Å². The molecule has 0 saturated carbocycles. The molecule has 2 nitrogen and oxygen atoms in total. The molecule has 0 aliphatic rings. The summed E-state index contributed by atoms with van der Waals surface area (Å²) >= 11 is 0. The van der Waals surface area contributed by atoms with Crippen molar-refractivity contribution in [1.29, 1.82) is 0 Å². The molecule has 0 fully saturated rings. The SMILES string of the molecule is CC=Cc1o[p+](=O)c2ccccc2c1C. The van der Waals surface area contributed by atoms with Crippen molar-refractivity contribution in [2.45, 2.75) is 13.8 Å². The lowest BCUT2D eigenvalue weighted by molar-refractivity contribution is 0.546. The highest BCUT2D eigenvalue weighted by Gasteiger charge is 2.16. The zero-order valence-electron chi connectivity index (χ0n) is 8.73. The first-order valence-corrected chi connectivity index (χ1v) is 6.00. The quantitative estimate of drug-likeness (QED) is 0.705. The van der Waals surface area contributed by atoms with E-state index in [2.05, 4.69) is 0 Å². The van der Waals surface area contributed by atoms with Gasteiger partial charge in [-0.05, 0) is 36.6 Å². The summed E-state index contributed by atoms with van der Waals surface area (Å²) in [5.41, 5.74) is 1.04. The lowest BCUT2D eigenvalue weighted by Crippen LogP contribution is -1.81. The lowest BCUT2D eigenvalue weighted by atomic mass is 10.1. The summed E-state index contributed by atoms with van der Waals surface area (Å²) in [6.45, 7) is 3.90. The third-order valence-electron chi connectivity index (χ3n) is 2.37. The molecule has 1 unspecified atom stereocenters. The van der Waals surface area contributed by atoms with Crippen LogP contribution in [-0.2, 0) is 4.57 Å². The number of hydrogen-bond acceptors (Lipinski definition) is 2. The van der Waals surface area contributed by atoms with Crippen molar-refractivity contribution in [3.8, 4) is 0 Å². The molecule has 0 amide bonds. The lowest BCUT2D eigenvalue weighted by Gasteiger charge is -1.96. The molecule has 1 atom stereocenters. The molecule has 76 valence electrons. The van der Waals surface area contributed by atoms with Crippen molar-refractivity contribution < 1.29 is 8.76 Å². The van der Waals surface area contributed by atoms with Crippen LogP contribution in [0.3, 0.4) is 0 Å². The largest absolute Gasteiger partial charge is 0.597 e. The second-order valence-corrected chi connectivity index (χ2v) is 4.53. The summed E-state index contributed by atoms with van der Waals surface area (Å²) in [6.07, 6.45) is 3.73. The van der Waals surface area contributed by atoms with Gasteiger partial charge in [0, 0.05) is 10.9 Å². The summed E-state index contributed by atoms with van der Waals surface area (Å²) < 4.78 is 17.1. The Morgan fingerprint density at radius 1 is 1.33 bits per heavy atom. The second kappa shape index (κ2) is 4.00. The molecule has 1 aromatic heterocycles. The van der Waals surface area contributed by atoms with E-state index in [1.165, 1.54) is 0 Å². The highest BCUT2D eigenvalue weighted by molar-refractivity contribution is 7.36. The molecule has 0 radical (unpaired) electrons. The fourth-order valence-corrected chi connectivity index (χ4v) is 2.72. The summed E-state index contributed by atoms with van der Waals surface area (Å²) in [6, 6.07) is 7.65. The van der Waals surface area contributed by atoms with Crippen molar-refractivity contribution >= 4 is 24.2 Å². The molecule has 0 bridgehead atoms. The molecule has 3 heteroatoms. The first-order chi connectivity index (χ1) is 7.24. The van der Waals surface area contributed by atoms with Gasteiger partial charge >= 0.3 is 7.65 Å². The molecular weight excluding hydrogens is 207 g/mol. The highest BCUT2D eigenvalue weighted by Crippen LogP contribution is 2.33. The van der Waals surface area contributed by atoms with Gasteiger partial charge in [0.1, 0.15) is 0 Å². The Labute approximate surface area is 89.1 Å². The fourth-order valence-electron chi connectivity index (χ4n) is 1.60. The van der Waals surface area contributed by atoms with E-state index >= 15 is 0 Å². The van der Waals surface area contributed by atoms with Crippen molar-refractivity contribution in [3.05, 3.63) is 41.7 Å². The third kappa shape index (κ3) is 1.73. The van der Waals surface area contributed by atoms with Gasteiger partial charge in [-0.25, -0.2) is 4.20 Å². The van der Waals surface area contributed by atoms with Crippen LogP contribution in [0, 0.1) is 6.92 Å². The minimum atomic E-state index is -1.74. The third-order valence-corrected chi connectivity index (χ3v) is 3.52. The Morgan fingerprint density at radius 3 is 2.80 bits per heavy atom. The van der Waals surface area contributed by atoms with Crippen LogP contribution in [0.2, 0.25) is 0 Å². The van der Waals surface area contributed by atoms with Crippen LogP contribution in [0.5, 0.6) is 0 Å². The van der Waals surface area contributed by atoms with Gasteiger partial charge in [0.25, 0.3) is 0 Å². The molecule has 1 aromatic carbocycles. The zero-order valence-corrected chi connectivity index (χ0v) is 9.62. The summed E-state index contributed by atoms with van der Waals surface area (Å²) in [5, 5.41) is 1.82. The normalized spacial score (nSPS) is 12.5. The van der Waals surface area contributed by atoms with Crippen molar-refractivity contribution in [3.63, 3.8) is 0 Å². The minimum absolute atomic E-state index is 0.706. The molecule has 15 heavy (non-hydrogen) atoms. The van der Waals surface area contributed by atoms with Gasteiger partial charge in [0.2, 0.25) is 5.12 Å². The van der Waals surface area contributed by atoms with Crippen LogP contribution >= 0.6 is 7.65 Å². The number of allylic oxidation sites excluding steroid dienone is 1. The van der Waals surface area contributed by atoms with Crippen molar-refractivity contribution in [2.75, 3.05) is 0 Å². The average Bonchev–Trinajstić information content (AvgIpc) is 2.26. The standard InChI is InChI=1S/C12H12O2P/c1-3-6-11-9(2)10-7-4-5-8-12(10)15(13)14-11/h3-8H,1-2H3/q+1. The van der Waals surface area contributed by atoms with Crippen molar-refractivity contribution in [1.82, 2.24) is 0 Å². The van der Waals surface area contributed by atoms with Gasteiger partial charge in [-0.2, -0.15) is 0 Å². The van der Waals surface area contributed by atoms with E-state index in [0.717, 1.165) is 16.1 Å². The molecule has 2 aromatic rings. The number of fused-ring (bicyclic) bond motifs is 1. The van der Waals surface area contributed by atoms with E-state index in [0.29, 0.717) is 5.76 Å². The smallest absolute Gasteiger partial charge is 0.250 e. The molecule has 0 spiro atoms. The number of hydrogen-bond donors (Lipinski definition) is 0. The Bertz CT molecular complexity index is 582. The predicted octanol–water partition coefficient (Wildman–Crippen LogP) is 4.52. The van der Waals surface area contributed by atoms with E-state index < -0.39 is 7.65 Å². The van der Waals surface area contributed by atoms with Gasteiger partial charge in [-0.3, -0.25) is 0 Å². The second-order valence-electron chi connectivity index (χ2n) is 3.35. The van der Waals surface area contributed by atoms with E-state index in [4.69, 9.17) is 4.20 Å². The number of rotatable bonds is 1. The monoisotopic (exact) mass is 219 g/mol. The van der Waals surface area contributed by atoms with E-state index in [1.54, 1.807) is 0 Å². The Balaban J connectivity index is 2.90. The van der Waals surface area contributed by atoms with Crippen LogP contribution in [0.25, 0.3) is 16.6 Å². The first kappa shape index (κ1) is 10.1. The molecule has 2 rings (SSSR count). The Hall–Kier alpha value is -1.40. The maximum absolute atomic E-state index is 11.8. The van der Waals surface area contributed by atoms with E-state index in [9.17, 15) is 4.57 Å².